The molecule has 5 unspecified atom stereocenters. The molecule has 6 rings (SSSR count). The predicted octanol–water partition coefficient (Wildman–Crippen LogP) is 6.16. The number of carbonyl (C=O) groups is 1. The zero-order valence-corrected chi connectivity index (χ0v) is 26.7. The smallest absolute Gasteiger partial charge is 0.240 e. The van der Waals surface area contributed by atoms with Gasteiger partial charge in [-0.15, -0.1) is 0 Å². The molecule has 0 aromatic rings. The summed E-state index contributed by atoms with van der Waals surface area (Å²) < 4.78 is 1.14. The molecule has 5 atom stereocenters. The number of amides is 1. The van der Waals surface area contributed by atoms with Crippen LogP contribution >= 0.6 is 0 Å². The summed E-state index contributed by atoms with van der Waals surface area (Å²) >= 11 is 0. The zero-order chi connectivity index (χ0) is 28.6. The van der Waals surface area contributed by atoms with E-state index in [4.69, 9.17) is 4.84 Å². The van der Waals surface area contributed by atoms with Crippen LogP contribution in [0.3, 0.4) is 0 Å². The SMILES string of the molecule is O=C(NC1CN2CCCCCCC[N+]2(CC2CCCCC2)C1)C1CC(N2CCCCC2)ON1C1CC/C=C\CCCC1. The summed E-state index contributed by atoms with van der Waals surface area (Å²) in [7, 11) is 0. The summed E-state index contributed by atoms with van der Waals surface area (Å²) in [6, 6.07) is 0.414. The Labute approximate surface area is 256 Å². The summed E-state index contributed by atoms with van der Waals surface area (Å²) in [6.07, 6.45) is 30.2. The van der Waals surface area contributed by atoms with Crippen LogP contribution < -0.4 is 5.32 Å². The number of quaternary nitrogens is 1. The van der Waals surface area contributed by atoms with E-state index in [1.54, 1.807) is 0 Å². The molecule has 4 saturated heterocycles. The zero-order valence-electron chi connectivity index (χ0n) is 26.7. The maximum absolute atomic E-state index is 14.3. The van der Waals surface area contributed by atoms with Crippen LogP contribution in [0.5, 0.6) is 0 Å². The van der Waals surface area contributed by atoms with Crippen molar-refractivity contribution in [3.8, 4) is 0 Å². The summed E-state index contributed by atoms with van der Waals surface area (Å²) in [6.45, 7) is 8.11. The van der Waals surface area contributed by atoms with Gasteiger partial charge in [0.05, 0.1) is 25.7 Å². The number of nitrogens with zero attached hydrogens (tertiary/aromatic N) is 4. The first kappa shape index (κ1) is 31.0. The van der Waals surface area contributed by atoms with Crippen molar-refractivity contribution in [3.05, 3.63) is 12.2 Å². The second kappa shape index (κ2) is 15.3. The number of hydrogen-bond donors (Lipinski definition) is 1. The molecule has 238 valence electrons. The topological polar surface area (TPSA) is 48.1 Å². The van der Waals surface area contributed by atoms with Gasteiger partial charge in [0, 0.05) is 38.0 Å². The molecule has 4 aliphatic heterocycles. The number of rotatable bonds is 6. The number of piperidine rings is 1. The van der Waals surface area contributed by atoms with Crippen molar-refractivity contribution in [2.24, 2.45) is 5.92 Å². The van der Waals surface area contributed by atoms with E-state index in [0.29, 0.717) is 6.04 Å². The number of carbonyl (C=O) groups excluding carboxylic acids is 1. The molecule has 0 radical (unpaired) electrons. The Morgan fingerprint density at radius 1 is 0.786 bits per heavy atom. The molecule has 6 aliphatic rings. The average molecular weight is 585 g/mol. The lowest BCUT2D eigenvalue weighted by molar-refractivity contribution is -1.02. The monoisotopic (exact) mass is 584 g/mol. The third-order valence-corrected chi connectivity index (χ3v) is 11.7. The summed E-state index contributed by atoms with van der Waals surface area (Å²) in [4.78, 5) is 23.6. The first-order valence-electron chi connectivity index (χ1n) is 18.5. The van der Waals surface area contributed by atoms with Crippen molar-refractivity contribution in [3.63, 3.8) is 0 Å². The van der Waals surface area contributed by atoms with Crippen LogP contribution in [0.25, 0.3) is 0 Å². The van der Waals surface area contributed by atoms with Gasteiger partial charge in [-0.2, -0.15) is 10.1 Å². The second-order valence-electron chi connectivity index (χ2n) is 14.8. The van der Waals surface area contributed by atoms with E-state index in [9.17, 15) is 4.79 Å². The van der Waals surface area contributed by atoms with Crippen LogP contribution in [-0.4, -0.2) is 95.6 Å². The number of hydroxylamine groups is 2. The number of hydrogen-bond acceptors (Lipinski definition) is 5. The van der Waals surface area contributed by atoms with Gasteiger partial charge in [0.1, 0.15) is 18.8 Å². The minimum absolute atomic E-state index is 0.0586. The highest BCUT2D eigenvalue weighted by molar-refractivity contribution is 5.82. The molecular formula is C35H62N5O2+. The van der Waals surface area contributed by atoms with E-state index in [-0.39, 0.29) is 24.2 Å². The lowest BCUT2D eigenvalue weighted by Gasteiger charge is -2.43. The van der Waals surface area contributed by atoms with Crippen molar-refractivity contribution in [1.82, 2.24) is 20.3 Å². The van der Waals surface area contributed by atoms with Gasteiger partial charge < -0.3 is 5.32 Å². The van der Waals surface area contributed by atoms with Crippen molar-refractivity contribution in [2.75, 3.05) is 45.8 Å². The highest BCUT2D eigenvalue weighted by Crippen LogP contribution is 2.35. The highest BCUT2D eigenvalue weighted by atomic mass is 16.7. The summed E-state index contributed by atoms with van der Waals surface area (Å²) in [5.74, 6) is 1.09. The lowest BCUT2D eigenvalue weighted by atomic mass is 9.88. The van der Waals surface area contributed by atoms with Gasteiger partial charge in [-0.1, -0.05) is 57.1 Å². The van der Waals surface area contributed by atoms with Gasteiger partial charge in [-0.05, 0) is 77.0 Å². The molecule has 7 heteroatoms. The molecule has 0 spiro atoms. The van der Waals surface area contributed by atoms with Crippen molar-refractivity contribution < 1.29 is 14.2 Å². The number of allylic oxidation sites excluding steroid dienone is 2. The number of fused-ring (bicyclic) bond motifs is 1. The van der Waals surface area contributed by atoms with Gasteiger partial charge >= 0.3 is 0 Å². The normalized spacial score (nSPS) is 37.9. The average Bonchev–Trinajstić information content (AvgIpc) is 3.64. The molecule has 7 nitrogen and oxygen atoms in total. The fourth-order valence-corrected chi connectivity index (χ4v) is 9.40. The van der Waals surface area contributed by atoms with Gasteiger partial charge in [-0.25, -0.2) is 4.59 Å². The molecule has 5 fully saturated rings. The van der Waals surface area contributed by atoms with Crippen LogP contribution in [0.1, 0.15) is 128 Å². The van der Waals surface area contributed by atoms with E-state index in [1.807, 2.05) is 0 Å². The molecule has 1 amide bonds. The van der Waals surface area contributed by atoms with Crippen LogP contribution in [-0.2, 0) is 9.63 Å². The number of likely N-dealkylation sites (tertiary alicyclic amines) is 1. The Morgan fingerprint density at radius 3 is 2.38 bits per heavy atom. The van der Waals surface area contributed by atoms with E-state index in [0.717, 1.165) is 62.4 Å². The molecule has 1 saturated carbocycles. The molecule has 0 aromatic heterocycles. The van der Waals surface area contributed by atoms with Crippen molar-refractivity contribution >= 4 is 5.91 Å². The first-order valence-corrected chi connectivity index (χ1v) is 18.5. The van der Waals surface area contributed by atoms with E-state index < -0.39 is 0 Å². The summed E-state index contributed by atoms with van der Waals surface area (Å²) in [5, 5.41) is 8.70. The Balaban J connectivity index is 1.16. The molecule has 1 N–H and O–H groups in total. The van der Waals surface area contributed by atoms with Gasteiger partial charge in [0.15, 0.2) is 0 Å². The van der Waals surface area contributed by atoms with Crippen molar-refractivity contribution in [2.45, 2.75) is 153 Å². The Morgan fingerprint density at radius 2 is 1.50 bits per heavy atom. The van der Waals surface area contributed by atoms with E-state index in [1.165, 1.54) is 122 Å². The highest BCUT2D eigenvalue weighted by Gasteiger charge is 2.49. The molecule has 0 bridgehead atoms. The van der Waals surface area contributed by atoms with Crippen LogP contribution in [0.15, 0.2) is 12.2 Å². The predicted molar refractivity (Wildman–Crippen MR) is 169 cm³/mol. The number of nitrogens with one attached hydrogen (secondary N) is 1. The van der Waals surface area contributed by atoms with Gasteiger partial charge in [-0.3, -0.25) is 14.5 Å². The van der Waals surface area contributed by atoms with Gasteiger partial charge in [0.2, 0.25) is 5.91 Å². The fraction of sp³-hybridized carbons (Fsp3) is 0.914. The van der Waals surface area contributed by atoms with Crippen LogP contribution in [0.4, 0.5) is 0 Å². The largest absolute Gasteiger partial charge is 0.345 e. The quantitative estimate of drug-likeness (QED) is 0.299. The van der Waals surface area contributed by atoms with Gasteiger partial charge in [0.25, 0.3) is 0 Å². The van der Waals surface area contributed by atoms with Crippen LogP contribution in [0, 0.1) is 5.92 Å². The van der Waals surface area contributed by atoms with E-state index in [2.05, 4.69) is 32.4 Å². The van der Waals surface area contributed by atoms with Crippen LogP contribution in [0.2, 0.25) is 0 Å². The standard InChI is InChI=1S/C35H61N5O2/c41-35(33-26-34(37-22-14-9-15-23-37)42-39(33)32-20-12-4-1-2-5-13-21-32)36-31-27-38-24-16-6-3-7-17-25-40(38,29-31)28-30-18-10-8-11-19-30/h1,4,30-34H,2-3,5-29H2/p+1/b4-1-. The lowest BCUT2D eigenvalue weighted by Crippen LogP contribution is -2.59. The first-order chi connectivity index (χ1) is 20.7. The summed E-state index contributed by atoms with van der Waals surface area (Å²) in [5.41, 5.74) is 0. The third kappa shape index (κ3) is 7.80. The molecule has 42 heavy (non-hydrogen) atoms. The molecular weight excluding hydrogens is 522 g/mol. The van der Waals surface area contributed by atoms with Crippen molar-refractivity contribution in [1.29, 1.82) is 0 Å². The minimum Gasteiger partial charge on any atom is -0.345 e. The molecule has 4 heterocycles. The Hall–Kier alpha value is -0.990. The Kier molecular flexibility index (Phi) is 11.3. The minimum atomic E-state index is -0.167. The second-order valence-corrected chi connectivity index (χ2v) is 14.8. The van der Waals surface area contributed by atoms with E-state index >= 15 is 0 Å². The maximum atomic E-state index is 14.3. The fourth-order valence-electron chi connectivity index (χ4n) is 9.40. The molecule has 2 aliphatic carbocycles. The Bertz CT molecular complexity index is 871. The molecule has 0 aromatic carbocycles. The maximum Gasteiger partial charge on any atom is 0.240 e. The third-order valence-electron chi connectivity index (χ3n) is 11.7.